The Kier molecular flexibility index (Phi) is 11.7. The Morgan fingerprint density at radius 2 is 1.54 bits per heavy atom. The number of esters is 1. The highest BCUT2D eigenvalue weighted by atomic mass is 35.5. The van der Waals surface area contributed by atoms with E-state index in [1.807, 2.05) is 32.8 Å². The highest BCUT2D eigenvalue weighted by Crippen LogP contribution is 2.17. The minimum absolute atomic E-state index is 0. The van der Waals surface area contributed by atoms with E-state index >= 15 is 0 Å². The van der Waals surface area contributed by atoms with Crippen molar-refractivity contribution in [2.45, 2.75) is 38.0 Å². The van der Waals surface area contributed by atoms with Crippen LogP contribution in [0.25, 0.3) is 0 Å². The molecule has 6 nitrogen and oxygen atoms in total. The Bertz CT molecular complexity index is 627. The van der Waals surface area contributed by atoms with Crippen LogP contribution in [0, 0.1) is 0 Å². The van der Waals surface area contributed by atoms with Gasteiger partial charge in [-0.1, -0.05) is 13.8 Å². The molecule has 1 aromatic carbocycles. The molecule has 0 amide bonds. The summed E-state index contributed by atoms with van der Waals surface area (Å²) in [7, 11) is 0.397. The van der Waals surface area contributed by atoms with Crippen LogP contribution in [0.2, 0.25) is 0 Å². The van der Waals surface area contributed by atoms with E-state index < -0.39 is 16.0 Å². The van der Waals surface area contributed by atoms with Crippen molar-refractivity contribution in [2.24, 2.45) is 0 Å². The van der Waals surface area contributed by atoms with Gasteiger partial charge in [-0.2, -0.15) is 4.31 Å². The summed E-state index contributed by atoms with van der Waals surface area (Å²) in [6.45, 7) is 6.08. The van der Waals surface area contributed by atoms with Crippen LogP contribution in [-0.2, 0) is 14.8 Å². The van der Waals surface area contributed by atoms with Gasteiger partial charge < -0.3 is 9.64 Å². The monoisotopic (exact) mass is 406 g/mol. The molecule has 0 aliphatic rings. The van der Waals surface area contributed by atoms with Crippen LogP contribution in [0.5, 0.6) is 0 Å². The van der Waals surface area contributed by atoms with Crippen LogP contribution in [0.1, 0.15) is 43.5 Å². The van der Waals surface area contributed by atoms with Gasteiger partial charge in [0.05, 0.1) is 17.1 Å². The quantitative estimate of drug-likeness (QED) is 0.417. The molecule has 0 spiro atoms. The molecule has 0 unspecified atom stereocenters. The summed E-state index contributed by atoms with van der Waals surface area (Å²) in [5, 5.41) is 0. The topological polar surface area (TPSA) is 66.9 Å². The van der Waals surface area contributed by atoms with E-state index in [2.05, 4.69) is 0 Å². The van der Waals surface area contributed by atoms with Gasteiger partial charge in [-0.3, -0.25) is 0 Å². The number of nitrogens with zero attached hydrogens (tertiary/aromatic N) is 2. The highest BCUT2D eigenvalue weighted by Gasteiger charge is 2.23. The van der Waals surface area contributed by atoms with Gasteiger partial charge >= 0.3 is 5.97 Å². The van der Waals surface area contributed by atoms with Gasteiger partial charge in [0.2, 0.25) is 10.0 Å². The van der Waals surface area contributed by atoms with Gasteiger partial charge in [0, 0.05) is 19.6 Å². The highest BCUT2D eigenvalue weighted by molar-refractivity contribution is 7.89. The summed E-state index contributed by atoms with van der Waals surface area (Å²) in [6, 6.07) is 5.97. The molecule has 0 fully saturated rings. The number of sulfonamides is 1. The molecule has 26 heavy (non-hydrogen) atoms. The molecule has 0 atom stereocenters. The van der Waals surface area contributed by atoms with E-state index in [0.29, 0.717) is 25.3 Å². The van der Waals surface area contributed by atoms with Gasteiger partial charge in [-0.25, -0.2) is 13.2 Å². The van der Waals surface area contributed by atoms with Crippen molar-refractivity contribution >= 4 is 28.4 Å². The molecule has 0 bridgehead atoms. The molecule has 150 valence electrons. The van der Waals surface area contributed by atoms with Gasteiger partial charge in [0.1, 0.15) is 0 Å². The Labute approximate surface area is 164 Å². The number of halogens is 1. The minimum Gasteiger partial charge on any atom is -0.462 e. The van der Waals surface area contributed by atoms with Crippen molar-refractivity contribution in [3.05, 3.63) is 29.8 Å². The van der Waals surface area contributed by atoms with Gasteiger partial charge in [0.25, 0.3) is 0 Å². The zero-order valence-corrected chi connectivity index (χ0v) is 17.7. The van der Waals surface area contributed by atoms with Crippen molar-refractivity contribution in [1.29, 1.82) is 0 Å². The van der Waals surface area contributed by atoms with E-state index in [9.17, 15) is 13.2 Å². The van der Waals surface area contributed by atoms with E-state index in [4.69, 9.17) is 4.74 Å². The number of hydrogen-bond acceptors (Lipinski definition) is 5. The number of benzene rings is 1. The summed E-state index contributed by atoms with van der Waals surface area (Å²) >= 11 is 0. The summed E-state index contributed by atoms with van der Waals surface area (Å²) in [6.07, 6.45) is 2.28. The van der Waals surface area contributed by atoms with Crippen LogP contribution in [0.3, 0.4) is 0 Å². The molecule has 0 saturated heterocycles. The first kappa shape index (κ1) is 24.8. The number of ether oxygens (including phenoxy) is 1. The first-order valence-corrected chi connectivity index (χ1v) is 10.2. The van der Waals surface area contributed by atoms with E-state index in [0.717, 1.165) is 25.8 Å². The lowest BCUT2D eigenvalue weighted by Crippen LogP contribution is -2.32. The Morgan fingerprint density at radius 1 is 1.00 bits per heavy atom. The standard InChI is InChI=1S/C18H30N2O4S.ClH/c1-5-12-20(13-6-2)25(22,23)17-10-8-16(9-11-17)18(21)24-15-7-14-19(3)4;/h8-11H,5-7,12-15H2,1-4H3;1H. The molecule has 0 aliphatic carbocycles. The maximum absolute atomic E-state index is 12.7. The fraction of sp³-hybridized carbons (Fsp3) is 0.611. The fourth-order valence-electron chi connectivity index (χ4n) is 2.39. The largest absolute Gasteiger partial charge is 0.462 e. The normalized spacial score (nSPS) is 11.5. The second-order valence-electron chi connectivity index (χ2n) is 6.22. The first-order chi connectivity index (χ1) is 11.8. The zero-order valence-electron chi connectivity index (χ0n) is 16.1. The Hall–Kier alpha value is -1.15. The third kappa shape index (κ3) is 7.61. The average Bonchev–Trinajstić information content (AvgIpc) is 2.58. The maximum atomic E-state index is 12.7. The summed E-state index contributed by atoms with van der Waals surface area (Å²) in [5.74, 6) is -0.429. The predicted molar refractivity (Wildman–Crippen MR) is 106 cm³/mol. The fourth-order valence-corrected chi connectivity index (χ4v) is 4.02. The molecule has 1 aromatic rings. The number of rotatable bonds is 11. The second-order valence-corrected chi connectivity index (χ2v) is 8.16. The molecule has 0 aliphatic heterocycles. The smallest absolute Gasteiger partial charge is 0.338 e. The molecule has 0 N–H and O–H groups in total. The van der Waals surface area contributed by atoms with E-state index in [1.54, 1.807) is 0 Å². The average molecular weight is 407 g/mol. The third-order valence-electron chi connectivity index (χ3n) is 3.66. The van der Waals surface area contributed by atoms with Crippen molar-refractivity contribution in [3.8, 4) is 0 Å². The van der Waals surface area contributed by atoms with Crippen LogP contribution in [-0.4, -0.2) is 63.9 Å². The number of carbonyl (C=O) groups is 1. The molecule has 8 heteroatoms. The molecule has 0 radical (unpaired) electrons. The van der Waals surface area contributed by atoms with Crippen molar-refractivity contribution in [1.82, 2.24) is 9.21 Å². The van der Waals surface area contributed by atoms with E-state index in [1.165, 1.54) is 28.6 Å². The molecule has 0 saturated carbocycles. The molecule has 1 rings (SSSR count). The second kappa shape index (κ2) is 12.3. The summed E-state index contributed by atoms with van der Waals surface area (Å²) in [5.41, 5.74) is 0.362. The summed E-state index contributed by atoms with van der Waals surface area (Å²) in [4.78, 5) is 14.2. The predicted octanol–water partition coefficient (Wildman–Crippen LogP) is 3.03. The Morgan fingerprint density at radius 3 is 2.00 bits per heavy atom. The maximum Gasteiger partial charge on any atom is 0.338 e. The van der Waals surface area contributed by atoms with Gasteiger partial charge in [-0.15, -0.1) is 12.4 Å². The third-order valence-corrected chi connectivity index (χ3v) is 5.57. The van der Waals surface area contributed by atoms with Gasteiger partial charge in [0.15, 0.2) is 0 Å². The molecule has 0 aromatic heterocycles. The minimum atomic E-state index is -3.52. The van der Waals surface area contributed by atoms with Crippen LogP contribution in [0.4, 0.5) is 0 Å². The lowest BCUT2D eigenvalue weighted by Gasteiger charge is -2.21. The van der Waals surface area contributed by atoms with Crippen LogP contribution < -0.4 is 0 Å². The lowest BCUT2D eigenvalue weighted by atomic mass is 10.2. The lowest BCUT2D eigenvalue weighted by molar-refractivity contribution is 0.0493. The molecular formula is C18H31ClN2O4S. The van der Waals surface area contributed by atoms with Crippen LogP contribution in [0.15, 0.2) is 29.2 Å². The van der Waals surface area contributed by atoms with E-state index in [-0.39, 0.29) is 17.3 Å². The van der Waals surface area contributed by atoms with Crippen molar-refractivity contribution in [2.75, 3.05) is 40.3 Å². The first-order valence-electron chi connectivity index (χ1n) is 8.75. The molecule has 0 heterocycles. The summed E-state index contributed by atoms with van der Waals surface area (Å²) < 4.78 is 32.0. The van der Waals surface area contributed by atoms with Gasteiger partial charge in [-0.05, 0) is 57.6 Å². The van der Waals surface area contributed by atoms with Crippen molar-refractivity contribution < 1.29 is 17.9 Å². The SMILES string of the molecule is CCCN(CCC)S(=O)(=O)c1ccc(C(=O)OCCCN(C)C)cc1.Cl. The number of carbonyl (C=O) groups excluding carboxylic acids is 1. The van der Waals surface area contributed by atoms with Crippen LogP contribution >= 0.6 is 12.4 Å². The Balaban J connectivity index is 0.00000625. The van der Waals surface area contributed by atoms with Crippen molar-refractivity contribution in [3.63, 3.8) is 0 Å². The molecular weight excluding hydrogens is 376 g/mol. The zero-order chi connectivity index (χ0) is 18.9. The number of hydrogen-bond donors (Lipinski definition) is 0.